The summed E-state index contributed by atoms with van der Waals surface area (Å²) in [6.45, 7) is 4.10. The third-order valence-corrected chi connectivity index (χ3v) is 3.48. The van der Waals surface area contributed by atoms with Crippen molar-refractivity contribution in [1.29, 1.82) is 0 Å². The Morgan fingerprint density at radius 2 is 2.00 bits per heavy atom. The van der Waals surface area contributed by atoms with Crippen molar-refractivity contribution >= 4 is 11.6 Å². The predicted molar refractivity (Wildman–Crippen MR) is 72.2 cm³/mol. The van der Waals surface area contributed by atoms with Gasteiger partial charge in [-0.15, -0.1) is 0 Å². The Balaban J connectivity index is 1.84. The summed E-state index contributed by atoms with van der Waals surface area (Å²) in [7, 11) is 0. The van der Waals surface area contributed by atoms with Crippen LogP contribution in [0.3, 0.4) is 0 Å². The summed E-state index contributed by atoms with van der Waals surface area (Å²) in [4.78, 5) is 4.70. The molecule has 2 heterocycles. The van der Waals surface area contributed by atoms with Gasteiger partial charge in [-0.3, -0.25) is 5.10 Å². The molecule has 2 N–H and O–H groups in total. The van der Waals surface area contributed by atoms with Crippen molar-refractivity contribution in [3.63, 3.8) is 0 Å². The van der Waals surface area contributed by atoms with Gasteiger partial charge in [-0.05, 0) is 44.4 Å². The third-order valence-electron chi connectivity index (χ3n) is 3.48. The number of nitrogens with one attached hydrogen (secondary N) is 2. The quantitative estimate of drug-likeness (QED) is 0.867. The molecule has 0 aromatic carbocycles. The Hall–Kier alpha value is -1.84. The Kier molecular flexibility index (Phi) is 2.78. The molecule has 18 heavy (non-hydrogen) atoms. The van der Waals surface area contributed by atoms with Crippen molar-refractivity contribution < 1.29 is 0 Å². The molecule has 0 bridgehead atoms. The van der Waals surface area contributed by atoms with E-state index in [-0.39, 0.29) is 0 Å². The average Bonchev–Trinajstić information content (AvgIpc) is 2.60. The maximum Gasteiger partial charge on any atom is 0.153 e. The zero-order valence-corrected chi connectivity index (χ0v) is 10.8. The molecule has 4 nitrogen and oxygen atoms in total. The zero-order chi connectivity index (χ0) is 12.5. The summed E-state index contributed by atoms with van der Waals surface area (Å²) >= 11 is 0. The molecular formula is C14H18N4. The minimum atomic E-state index is 0.659. The van der Waals surface area contributed by atoms with Crippen LogP contribution in [0.4, 0.5) is 11.6 Å². The fraction of sp³-hybridized carbons (Fsp3) is 0.429. The normalized spacial score (nSPS) is 15.4. The number of rotatable bonds is 3. The van der Waals surface area contributed by atoms with Crippen LogP contribution in [0.5, 0.6) is 0 Å². The molecule has 1 fully saturated rings. The lowest BCUT2D eigenvalue weighted by Gasteiger charge is -2.25. The molecule has 0 radical (unpaired) electrons. The summed E-state index contributed by atoms with van der Waals surface area (Å²) in [5, 5.41) is 10.4. The second-order valence-electron chi connectivity index (χ2n) is 5.14. The van der Waals surface area contributed by atoms with Gasteiger partial charge in [0.05, 0.1) is 0 Å². The highest BCUT2D eigenvalue weighted by atomic mass is 15.2. The maximum atomic E-state index is 4.70. The van der Waals surface area contributed by atoms with E-state index in [0.717, 1.165) is 17.3 Å². The number of H-pyrrole nitrogens is 1. The topological polar surface area (TPSA) is 53.6 Å². The van der Waals surface area contributed by atoms with E-state index in [1.807, 2.05) is 13.0 Å². The second-order valence-corrected chi connectivity index (χ2v) is 5.14. The molecule has 0 spiro atoms. The molecule has 94 valence electrons. The number of hydrogen-bond donors (Lipinski definition) is 2. The van der Waals surface area contributed by atoms with Gasteiger partial charge in [0, 0.05) is 23.4 Å². The van der Waals surface area contributed by atoms with Gasteiger partial charge in [0.2, 0.25) is 0 Å². The van der Waals surface area contributed by atoms with E-state index in [0.29, 0.717) is 5.92 Å². The summed E-state index contributed by atoms with van der Waals surface area (Å²) in [5.41, 5.74) is 3.52. The van der Waals surface area contributed by atoms with Crippen molar-refractivity contribution in [3.05, 3.63) is 35.2 Å². The van der Waals surface area contributed by atoms with E-state index in [1.54, 1.807) is 0 Å². The summed E-state index contributed by atoms with van der Waals surface area (Å²) in [6, 6.07) is 6.24. The van der Waals surface area contributed by atoms with E-state index in [9.17, 15) is 0 Å². The molecule has 3 rings (SSSR count). The SMILES string of the molecule is Cc1cc(Nc2cc(C)[nH]n2)nc(C2CCC2)c1. The average molecular weight is 242 g/mol. The molecule has 2 aromatic rings. The van der Waals surface area contributed by atoms with Crippen LogP contribution in [0.2, 0.25) is 0 Å². The van der Waals surface area contributed by atoms with Gasteiger partial charge < -0.3 is 5.32 Å². The van der Waals surface area contributed by atoms with Gasteiger partial charge in [0.15, 0.2) is 5.82 Å². The van der Waals surface area contributed by atoms with Crippen molar-refractivity contribution in [2.45, 2.75) is 39.0 Å². The van der Waals surface area contributed by atoms with E-state index in [4.69, 9.17) is 4.98 Å². The molecule has 0 unspecified atom stereocenters. The molecular weight excluding hydrogens is 224 g/mol. The van der Waals surface area contributed by atoms with Crippen LogP contribution in [0.25, 0.3) is 0 Å². The Morgan fingerprint density at radius 3 is 2.61 bits per heavy atom. The van der Waals surface area contributed by atoms with Crippen molar-refractivity contribution in [3.8, 4) is 0 Å². The molecule has 2 aromatic heterocycles. The van der Waals surface area contributed by atoms with Crippen molar-refractivity contribution in [2.75, 3.05) is 5.32 Å². The van der Waals surface area contributed by atoms with Crippen LogP contribution in [0, 0.1) is 13.8 Å². The van der Waals surface area contributed by atoms with Gasteiger partial charge in [0.25, 0.3) is 0 Å². The molecule has 1 saturated carbocycles. The van der Waals surface area contributed by atoms with Crippen LogP contribution < -0.4 is 5.32 Å². The number of aromatic nitrogens is 3. The fourth-order valence-corrected chi connectivity index (χ4v) is 2.28. The molecule has 4 heteroatoms. The first-order chi connectivity index (χ1) is 8.70. The highest BCUT2D eigenvalue weighted by molar-refractivity contribution is 5.53. The van der Waals surface area contributed by atoms with Crippen molar-refractivity contribution in [1.82, 2.24) is 15.2 Å². The molecule has 0 saturated heterocycles. The summed E-state index contributed by atoms with van der Waals surface area (Å²) in [6.07, 6.45) is 3.89. The lowest BCUT2D eigenvalue weighted by Crippen LogP contribution is -2.11. The smallest absolute Gasteiger partial charge is 0.153 e. The number of aryl methyl sites for hydroxylation is 2. The first-order valence-electron chi connectivity index (χ1n) is 6.48. The van der Waals surface area contributed by atoms with E-state index in [1.165, 1.54) is 30.5 Å². The molecule has 1 aliphatic carbocycles. The fourth-order valence-electron chi connectivity index (χ4n) is 2.28. The van der Waals surface area contributed by atoms with Crippen LogP contribution in [0.15, 0.2) is 18.2 Å². The van der Waals surface area contributed by atoms with Gasteiger partial charge in [0.1, 0.15) is 5.82 Å². The first kappa shape index (κ1) is 11.3. The molecule has 0 atom stereocenters. The number of hydrogen-bond acceptors (Lipinski definition) is 3. The third kappa shape index (κ3) is 2.23. The van der Waals surface area contributed by atoms with Gasteiger partial charge >= 0.3 is 0 Å². The maximum absolute atomic E-state index is 4.70. The lowest BCUT2D eigenvalue weighted by atomic mass is 9.82. The van der Waals surface area contributed by atoms with Crippen LogP contribution in [-0.2, 0) is 0 Å². The standard InChI is InChI=1S/C14H18N4/c1-9-6-12(11-4-3-5-11)15-13(7-9)16-14-8-10(2)17-18-14/h6-8,11H,3-5H2,1-2H3,(H2,15,16,17,18). The number of aromatic amines is 1. The van der Waals surface area contributed by atoms with E-state index < -0.39 is 0 Å². The minimum Gasteiger partial charge on any atom is -0.323 e. The molecule has 0 amide bonds. The summed E-state index contributed by atoms with van der Waals surface area (Å²) in [5.74, 6) is 2.37. The molecule has 1 aliphatic rings. The first-order valence-corrected chi connectivity index (χ1v) is 6.48. The number of nitrogens with zero attached hydrogens (tertiary/aromatic N) is 2. The highest BCUT2D eigenvalue weighted by Gasteiger charge is 2.21. The second kappa shape index (κ2) is 4.44. The van der Waals surface area contributed by atoms with E-state index in [2.05, 4.69) is 34.6 Å². The molecule has 0 aliphatic heterocycles. The highest BCUT2D eigenvalue weighted by Crippen LogP contribution is 2.36. The van der Waals surface area contributed by atoms with E-state index >= 15 is 0 Å². The largest absolute Gasteiger partial charge is 0.323 e. The van der Waals surface area contributed by atoms with Gasteiger partial charge in [-0.1, -0.05) is 6.42 Å². The zero-order valence-electron chi connectivity index (χ0n) is 10.8. The Bertz CT molecular complexity index is 555. The van der Waals surface area contributed by atoms with Crippen molar-refractivity contribution in [2.24, 2.45) is 0 Å². The number of anilines is 2. The monoisotopic (exact) mass is 242 g/mol. The number of pyridine rings is 1. The van der Waals surface area contributed by atoms with Crippen LogP contribution >= 0.6 is 0 Å². The van der Waals surface area contributed by atoms with Gasteiger partial charge in [-0.2, -0.15) is 5.10 Å². The van der Waals surface area contributed by atoms with Crippen LogP contribution in [-0.4, -0.2) is 15.2 Å². The minimum absolute atomic E-state index is 0.659. The lowest BCUT2D eigenvalue weighted by molar-refractivity contribution is 0.411. The van der Waals surface area contributed by atoms with Crippen LogP contribution in [0.1, 0.15) is 42.1 Å². The predicted octanol–water partition coefficient (Wildman–Crippen LogP) is 3.43. The Labute approximate surface area is 107 Å². The summed E-state index contributed by atoms with van der Waals surface area (Å²) < 4.78 is 0. The Morgan fingerprint density at radius 1 is 1.17 bits per heavy atom. The van der Waals surface area contributed by atoms with Gasteiger partial charge in [-0.25, -0.2) is 4.98 Å².